The van der Waals surface area contributed by atoms with Crippen LogP contribution in [0.5, 0.6) is 0 Å². The van der Waals surface area contributed by atoms with E-state index in [2.05, 4.69) is 0 Å². The minimum Gasteiger partial charge on any atom is -0.368 e. The van der Waals surface area contributed by atoms with E-state index in [1.54, 1.807) is 0 Å². The van der Waals surface area contributed by atoms with E-state index in [1.165, 1.54) is 6.92 Å². The Kier molecular flexibility index (Phi) is 3.82. The fourth-order valence-electron chi connectivity index (χ4n) is 1.67. The van der Waals surface area contributed by atoms with E-state index in [9.17, 15) is 19.2 Å². The summed E-state index contributed by atoms with van der Waals surface area (Å²) in [6.45, 7) is 3.16. The summed E-state index contributed by atoms with van der Waals surface area (Å²) in [6, 6.07) is -1.95. The highest BCUT2D eigenvalue weighted by molar-refractivity contribution is 6.17. The third-order valence-corrected chi connectivity index (χ3v) is 2.68. The van der Waals surface area contributed by atoms with Crippen LogP contribution in [0.25, 0.3) is 0 Å². The molecule has 0 aliphatic carbocycles. The Labute approximate surface area is 98.3 Å². The van der Waals surface area contributed by atoms with E-state index < -0.39 is 35.7 Å². The van der Waals surface area contributed by atoms with Gasteiger partial charge in [0.2, 0.25) is 17.7 Å². The molecule has 0 aromatic rings. The number of amides is 5. The van der Waals surface area contributed by atoms with Crippen LogP contribution in [0.3, 0.4) is 0 Å². The topological polar surface area (TPSA) is 110 Å². The van der Waals surface area contributed by atoms with E-state index in [1.807, 2.05) is 12.2 Å². The van der Waals surface area contributed by atoms with Crippen LogP contribution in [0.4, 0.5) is 4.79 Å². The largest absolute Gasteiger partial charge is 0.368 e. The SMILES string of the molecule is CCCC1C(=O)NC(=O)N(C(C)C(N)=O)C1=O. The minimum absolute atomic E-state index is 0.333. The molecule has 2 atom stereocenters. The van der Waals surface area contributed by atoms with Crippen molar-refractivity contribution in [2.75, 3.05) is 0 Å². The Bertz CT molecular complexity index is 380. The average Bonchev–Trinajstić information content (AvgIpc) is 2.23. The van der Waals surface area contributed by atoms with Gasteiger partial charge in [0, 0.05) is 0 Å². The number of carbonyl (C=O) groups is 4. The predicted octanol–water partition coefficient (Wildman–Crippen LogP) is -0.645. The second-order valence-electron chi connectivity index (χ2n) is 3.92. The Morgan fingerprint density at radius 1 is 1.47 bits per heavy atom. The number of nitrogens with zero attached hydrogens (tertiary/aromatic N) is 1. The van der Waals surface area contributed by atoms with Crippen molar-refractivity contribution in [3.8, 4) is 0 Å². The lowest BCUT2D eigenvalue weighted by Crippen LogP contribution is -2.62. The molecule has 1 saturated heterocycles. The zero-order chi connectivity index (χ0) is 13.2. The maximum absolute atomic E-state index is 11.9. The van der Waals surface area contributed by atoms with Crippen molar-refractivity contribution >= 4 is 23.8 Å². The molecule has 2 unspecified atom stereocenters. The maximum atomic E-state index is 11.9. The maximum Gasteiger partial charge on any atom is 0.331 e. The van der Waals surface area contributed by atoms with Crippen LogP contribution >= 0.6 is 0 Å². The Morgan fingerprint density at radius 2 is 2.06 bits per heavy atom. The normalized spacial score (nSPS) is 22.4. The molecule has 94 valence electrons. The first-order valence-corrected chi connectivity index (χ1v) is 5.37. The molecule has 0 saturated carbocycles. The molecule has 17 heavy (non-hydrogen) atoms. The summed E-state index contributed by atoms with van der Waals surface area (Å²) in [5.41, 5.74) is 5.05. The molecule has 7 nitrogen and oxygen atoms in total. The third kappa shape index (κ3) is 2.43. The second kappa shape index (κ2) is 4.94. The molecule has 0 aromatic carbocycles. The zero-order valence-electron chi connectivity index (χ0n) is 9.73. The highest BCUT2D eigenvalue weighted by atomic mass is 16.2. The van der Waals surface area contributed by atoms with E-state index in [0.29, 0.717) is 17.7 Å². The lowest BCUT2D eigenvalue weighted by molar-refractivity contribution is -0.146. The summed E-state index contributed by atoms with van der Waals surface area (Å²) >= 11 is 0. The first-order valence-electron chi connectivity index (χ1n) is 5.37. The smallest absolute Gasteiger partial charge is 0.331 e. The van der Waals surface area contributed by atoms with Gasteiger partial charge < -0.3 is 5.73 Å². The number of urea groups is 1. The van der Waals surface area contributed by atoms with Crippen LogP contribution in [0, 0.1) is 5.92 Å². The molecule has 0 bridgehead atoms. The first kappa shape index (κ1) is 13.1. The standard InChI is InChI=1S/C10H15N3O4/c1-3-4-6-8(15)12-10(17)13(9(6)16)5(2)7(11)14/h5-6H,3-4H2,1-2H3,(H2,11,14)(H,12,15,17). The Hall–Kier alpha value is -1.92. The van der Waals surface area contributed by atoms with Crippen molar-refractivity contribution in [2.45, 2.75) is 32.7 Å². The number of primary amides is 1. The summed E-state index contributed by atoms with van der Waals surface area (Å²) in [7, 11) is 0. The molecular formula is C10H15N3O4. The van der Waals surface area contributed by atoms with Crippen LogP contribution in [0.1, 0.15) is 26.7 Å². The molecule has 1 aliphatic rings. The number of hydrogen-bond donors (Lipinski definition) is 2. The lowest BCUT2D eigenvalue weighted by atomic mass is 9.98. The third-order valence-electron chi connectivity index (χ3n) is 2.68. The quantitative estimate of drug-likeness (QED) is 0.637. The first-order chi connectivity index (χ1) is 7.90. The van der Waals surface area contributed by atoms with Crippen molar-refractivity contribution in [1.82, 2.24) is 10.2 Å². The van der Waals surface area contributed by atoms with Gasteiger partial charge in [-0.25, -0.2) is 4.79 Å². The molecular weight excluding hydrogens is 226 g/mol. The highest BCUT2D eigenvalue weighted by Gasteiger charge is 2.43. The van der Waals surface area contributed by atoms with Crippen molar-refractivity contribution in [3.63, 3.8) is 0 Å². The van der Waals surface area contributed by atoms with Gasteiger partial charge in [-0.1, -0.05) is 13.3 Å². The van der Waals surface area contributed by atoms with Crippen molar-refractivity contribution < 1.29 is 19.2 Å². The molecule has 5 amide bonds. The number of carbonyl (C=O) groups excluding carboxylic acids is 4. The molecule has 1 rings (SSSR count). The van der Waals surface area contributed by atoms with Crippen LogP contribution in [0.15, 0.2) is 0 Å². The zero-order valence-corrected chi connectivity index (χ0v) is 9.73. The van der Waals surface area contributed by atoms with Crippen molar-refractivity contribution in [3.05, 3.63) is 0 Å². The molecule has 3 N–H and O–H groups in total. The van der Waals surface area contributed by atoms with Gasteiger partial charge in [0.15, 0.2) is 0 Å². The summed E-state index contributed by atoms with van der Waals surface area (Å²) < 4.78 is 0. The van der Waals surface area contributed by atoms with Crippen molar-refractivity contribution in [1.29, 1.82) is 0 Å². The van der Waals surface area contributed by atoms with Crippen LogP contribution in [0.2, 0.25) is 0 Å². The van der Waals surface area contributed by atoms with Gasteiger partial charge in [0.25, 0.3) is 0 Å². The van der Waals surface area contributed by atoms with Gasteiger partial charge in [-0.3, -0.25) is 24.6 Å². The number of rotatable bonds is 4. The van der Waals surface area contributed by atoms with Gasteiger partial charge in [0.05, 0.1) is 0 Å². The highest BCUT2D eigenvalue weighted by Crippen LogP contribution is 2.17. The van der Waals surface area contributed by atoms with E-state index in [4.69, 9.17) is 5.73 Å². The van der Waals surface area contributed by atoms with Crippen LogP contribution in [-0.4, -0.2) is 34.7 Å². The Morgan fingerprint density at radius 3 is 2.53 bits per heavy atom. The summed E-state index contributed by atoms with van der Waals surface area (Å²) in [5.74, 6) is -2.99. The van der Waals surface area contributed by atoms with E-state index >= 15 is 0 Å². The van der Waals surface area contributed by atoms with Gasteiger partial charge >= 0.3 is 6.03 Å². The number of hydrogen-bond acceptors (Lipinski definition) is 4. The number of nitrogens with one attached hydrogen (secondary N) is 1. The number of imide groups is 2. The van der Waals surface area contributed by atoms with Crippen molar-refractivity contribution in [2.24, 2.45) is 11.7 Å². The van der Waals surface area contributed by atoms with Gasteiger partial charge in [-0.15, -0.1) is 0 Å². The van der Waals surface area contributed by atoms with Gasteiger partial charge in [-0.2, -0.15) is 0 Å². The summed E-state index contributed by atoms with van der Waals surface area (Å²) in [4.78, 5) is 46.6. The number of barbiturate groups is 1. The second-order valence-corrected chi connectivity index (χ2v) is 3.92. The van der Waals surface area contributed by atoms with E-state index in [-0.39, 0.29) is 0 Å². The fourth-order valence-corrected chi connectivity index (χ4v) is 1.67. The van der Waals surface area contributed by atoms with E-state index in [0.717, 1.165) is 0 Å². The fraction of sp³-hybridized carbons (Fsp3) is 0.600. The molecule has 0 aromatic heterocycles. The molecule has 1 heterocycles. The molecule has 7 heteroatoms. The average molecular weight is 241 g/mol. The van der Waals surface area contributed by atoms with Gasteiger partial charge in [-0.05, 0) is 13.3 Å². The Balaban J connectivity index is 2.97. The molecule has 1 aliphatic heterocycles. The molecule has 0 radical (unpaired) electrons. The van der Waals surface area contributed by atoms with Gasteiger partial charge in [0.1, 0.15) is 12.0 Å². The summed E-state index contributed by atoms with van der Waals surface area (Å²) in [5, 5.41) is 2.05. The predicted molar refractivity (Wildman–Crippen MR) is 57.4 cm³/mol. The van der Waals surface area contributed by atoms with Crippen LogP contribution < -0.4 is 11.1 Å². The monoisotopic (exact) mass is 241 g/mol. The molecule has 1 fully saturated rings. The molecule has 0 spiro atoms. The summed E-state index contributed by atoms with van der Waals surface area (Å²) in [6.07, 6.45) is 0.955. The number of nitrogens with two attached hydrogens (primary N) is 1. The van der Waals surface area contributed by atoms with Crippen LogP contribution in [-0.2, 0) is 14.4 Å². The lowest BCUT2D eigenvalue weighted by Gasteiger charge is -2.32. The minimum atomic E-state index is -1.06.